The lowest BCUT2D eigenvalue weighted by atomic mass is 10.00. The van der Waals surface area contributed by atoms with Crippen LogP contribution in [0.3, 0.4) is 0 Å². The molecule has 0 bridgehead atoms. The van der Waals surface area contributed by atoms with E-state index in [4.69, 9.17) is 9.72 Å². The zero-order chi connectivity index (χ0) is 18.0. The lowest BCUT2D eigenvalue weighted by Gasteiger charge is -2.12. The standard InChI is InChI=1S/C21H20BrNO2/c1-4-9-25-21(24)18-12-19(15-5-7-16(22)8-6-15)23-20-14(3)10-13(2)11-17(18)20/h5-8,10-12H,4,9H2,1-3H3. The van der Waals surface area contributed by atoms with Crippen LogP contribution >= 0.6 is 15.9 Å². The van der Waals surface area contributed by atoms with Crippen LogP contribution in [0.25, 0.3) is 22.2 Å². The fraction of sp³-hybridized carbons (Fsp3) is 0.238. The number of esters is 1. The highest BCUT2D eigenvalue weighted by Crippen LogP contribution is 2.29. The number of aromatic nitrogens is 1. The van der Waals surface area contributed by atoms with Crippen molar-refractivity contribution in [1.29, 1.82) is 0 Å². The maximum Gasteiger partial charge on any atom is 0.338 e. The minimum atomic E-state index is -0.294. The van der Waals surface area contributed by atoms with Gasteiger partial charge in [0.05, 0.1) is 23.4 Å². The molecular weight excluding hydrogens is 378 g/mol. The van der Waals surface area contributed by atoms with Gasteiger partial charge in [0.25, 0.3) is 0 Å². The monoisotopic (exact) mass is 397 g/mol. The summed E-state index contributed by atoms with van der Waals surface area (Å²) < 4.78 is 6.41. The summed E-state index contributed by atoms with van der Waals surface area (Å²) in [4.78, 5) is 17.4. The van der Waals surface area contributed by atoms with E-state index in [1.807, 2.05) is 57.2 Å². The van der Waals surface area contributed by atoms with Crippen molar-refractivity contribution in [2.24, 2.45) is 0 Å². The number of nitrogens with zero attached hydrogens (tertiary/aromatic N) is 1. The minimum absolute atomic E-state index is 0.294. The fourth-order valence-electron chi connectivity index (χ4n) is 2.89. The van der Waals surface area contributed by atoms with Crippen molar-refractivity contribution >= 4 is 32.8 Å². The summed E-state index contributed by atoms with van der Waals surface area (Å²) >= 11 is 3.45. The van der Waals surface area contributed by atoms with Gasteiger partial charge in [-0.2, -0.15) is 0 Å². The van der Waals surface area contributed by atoms with E-state index in [1.165, 1.54) is 0 Å². The summed E-state index contributed by atoms with van der Waals surface area (Å²) in [5.41, 5.74) is 5.31. The number of hydrogen-bond donors (Lipinski definition) is 0. The molecule has 4 heteroatoms. The predicted molar refractivity (Wildman–Crippen MR) is 105 cm³/mol. The Balaban J connectivity index is 2.23. The zero-order valence-electron chi connectivity index (χ0n) is 14.6. The molecular formula is C21H20BrNO2. The van der Waals surface area contributed by atoms with Crippen LogP contribution in [0, 0.1) is 13.8 Å². The number of carbonyl (C=O) groups excluding carboxylic acids is 1. The number of rotatable bonds is 4. The first-order chi connectivity index (χ1) is 12.0. The largest absolute Gasteiger partial charge is 0.462 e. The van der Waals surface area contributed by atoms with Crippen LogP contribution in [0.1, 0.15) is 34.8 Å². The van der Waals surface area contributed by atoms with Gasteiger partial charge in [0.1, 0.15) is 0 Å². The van der Waals surface area contributed by atoms with Crippen LogP contribution in [0.2, 0.25) is 0 Å². The Labute approximate surface area is 156 Å². The van der Waals surface area contributed by atoms with Gasteiger partial charge in [0, 0.05) is 15.4 Å². The van der Waals surface area contributed by atoms with Crippen molar-refractivity contribution in [3.05, 3.63) is 63.6 Å². The van der Waals surface area contributed by atoms with Crippen LogP contribution in [-0.2, 0) is 4.74 Å². The van der Waals surface area contributed by atoms with Gasteiger partial charge >= 0.3 is 5.97 Å². The molecule has 1 aromatic heterocycles. The van der Waals surface area contributed by atoms with Crippen molar-refractivity contribution < 1.29 is 9.53 Å². The van der Waals surface area contributed by atoms with Crippen LogP contribution in [0.5, 0.6) is 0 Å². The molecule has 0 amide bonds. The Hall–Kier alpha value is -2.20. The van der Waals surface area contributed by atoms with E-state index in [9.17, 15) is 4.79 Å². The van der Waals surface area contributed by atoms with Crippen molar-refractivity contribution in [2.75, 3.05) is 6.61 Å². The second kappa shape index (κ2) is 7.36. The Morgan fingerprint density at radius 2 is 1.84 bits per heavy atom. The predicted octanol–water partition coefficient (Wildman–Crippen LogP) is 5.85. The summed E-state index contributed by atoms with van der Waals surface area (Å²) in [5.74, 6) is -0.294. The molecule has 0 spiro atoms. The van der Waals surface area contributed by atoms with Gasteiger partial charge in [0.2, 0.25) is 0 Å². The molecule has 0 unspecified atom stereocenters. The van der Waals surface area contributed by atoms with E-state index in [-0.39, 0.29) is 5.97 Å². The molecule has 0 aliphatic rings. The van der Waals surface area contributed by atoms with Gasteiger partial charge in [-0.05, 0) is 50.1 Å². The lowest BCUT2D eigenvalue weighted by Crippen LogP contribution is -2.08. The Morgan fingerprint density at radius 3 is 2.52 bits per heavy atom. The summed E-state index contributed by atoms with van der Waals surface area (Å²) in [5, 5.41) is 0.847. The normalized spacial score (nSPS) is 10.9. The molecule has 0 atom stereocenters. The average Bonchev–Trinajstić information content (AvgIpc) is 2.59. The van der Waals surface area contributed by atoms with E-state index < -0.39 is 0 Å². The molecule has 3 nitrogen and oxygen atoms in total. The molecule has 3 rings (SSSR count). The van der Waals surface area contributed by atoms with E-state index in [2.05, 4.69) is 22.0 Å². The van der Waals surface area contributed by atoms with Gasteiger partial charge in [0.15, 0.2) is 0 Å². The van der Waals surface area contributed by atoms with Gasteiger partial charge in [-0.25, -0.2) is 9.78 Å². The van der Waals surface area contributed by atoms with Crippen molar-refractivity contribution in [3.8, 4) is 11.3 Å². The van der Waals surface area contributed by atoms with Gasteiger partial charge < -0.3 is 4.74 Å². The first-order valence-electron chi connectivity index (χ1n) is 8.34. The van der Waals surface area contributed by atoms with Crippen molar-refractivity contribution in [2.45, 2.75) is 27.2 Å². The van der Waals surface area contributed by atoms with Gasteiger partial charge in [-0.3, -0.25) is 0 Å². The molecule has 1 heterocycles. The van der Waals surface area contributed by atoms with E-state index >= 15 is 0 Å². The van der Waals surface area contributed by atoms with Crippen LogP contribution in [0.15, 0.2) is 46.9 Å². The topological polar surface area (TPSA) is 39.2 Å². The number of aryl methyl sites for hydroxylation is 2. The van der Waals surface area contributed by atoms with E-state index in [0.29, 0.717) is 12.2 Å². The number of halogens is 1. The molecule has 0 N–H and O–H groups in total. The van der Waals surface area contributed by atoms with E-state index in [1.54, 1.807) is 0 Å². The highest BCUT2D eigenvalue weighted by Gasteiger charge is 2.16. The third-order valence-electron chi connectivity index (χ3n) is 4.05. The first kappa shape index (κ1) is 17.6. The molecule has 0 aliphatic carbocycles. The summed E-state index contributed by atoms with van der Waals surface area (Å²) in [6, 6.07) is 13.8. The lowest BCUT2D eigenvalue weighted by molar-refractivity contribution is 0.0507. The third kappa shape index (κ3) is 3.74. The second-order valence-electron chi connectivity index (χ2n) is 6.18. The number of pyridine rings is 1. The summed E-state index contributed by atoms with van der Waals surface area (Å²) in [6.07, 6.45) is 0.798. The third-order valence-corrected chi connectivity index (χ3v) is 4.57. The number of fused-ring (bicyclic) bond motifs is 1. The van der Waals surface area contributed by atoms with Crippen molar-refractivity contribution in [3.63, 3.8) is 0 Å². The Bertz CT molecular complexity index is 933. The maximum atomic E-state index is 12.6. The molecule has 0 saturated carbocycles. The Morgan fingerprint density at radius 1 is 1.12 bits per heavy atom. The highest BCUT2D eigenvalue weighted by atomic mass is 79.9. The zero-order valence-corrected chi connectivity index (χ0v) is 16.2. The van der Waals surface area contributed by atoms with Crippen LogP contribution in [-0.4, -0.2) is 17.6 Å². The average molecular weight is 398 g/mol. The maximum absolute atomic E-state index is 12.6. The van der Waals surface area contributed by atoms with Crippen LogP contribution in [0.4, 0.5) is 0 Å². The smallest absolute Gasteiger partial charge is 0.338 e. The minimum Gasteiger partial charge on any atom is -0.462 e. The van der Waals surface area contributed by atoms with Gasteiger partial charge in [-0.15, -0.1) is 0 Å². The van der Waals surface area contributed by atoms with Crippen LogP contribution < -0.4 is 0 Å². The highest BCUT2D eigenvalue weighted by molar-refractivity contribution is 9.10. The van der Waals surface area contributed by atoms with Crippen molar-refractivity contribution in [1.82, 2.24) is 4.98 Å². The number of benzene rings is 2. The molecule has 128 valence electrons. The second-order valence-corrected chi connectivity index (χ2v) is 7.09. The quantitative estimate of drug-likeness (QED) is 0.518. The number of hydrogen-bond acceptors (Lipinski definition) is 3. The molecule has 3 aromatic rings. The molecule has 2 aromatic carbocycles. The first-order valence-corrected chi connectivity index (χ1v) is 9.14. The fourth-order valence-corrected chi connectivity index (χ4v) is 3.16. The molecule has 0 radical (unpaired) electrons. The summed E-state index contributed by atoms with van der Waals surface area (Å²) in [6.45, 7) is 6.45. The Kier molecular flexibility index (Phi) is 5.19. The number of carbonyl (C=O) groups is 1. The molecule has 0 fully saturated rings. The van der Waals surface area contributed by atoms with E-state index in [0.717, 1.165) is 44.2 Å². The SMILES string of the molecule is CCCOC(=O)c1cc(-c2ccc(Br)cc2)nc2c(C)cc(C)cc12. The molecule has 25 heavy (non-hydrogen) atoms. The van der Waals surface area contributed by atoms with Gasteiger partial charge in [-0.1, -0.05) is 46.6 Å². The molecule has 0 saturated heterocycles. The molecule has 0 aliphatic heterocycles. The summed E-state index contributed by atoms with van der Waals surface area (Å²) in [7, 11) is 0. The number of ether oxygens (including phenoxy) is 1.